The number of hydrogen-bond donors (Lipinski definition) is 2. The number of ether oxygens (including phenoxy) is 2. The van der Waals surface area contributed by atoms with E-state index < -0.39 is 10.0 Å². The number of nitrogens with one attached hydrogen (secondary N) is 2. The second-order valence-electron chi connectivity index (χ2n) is 4.35. The Morgan fingerprint density at radius 3 is 2.52 bits per heavy atom. The number of anilines is 1. The Morgan fingerprint density at radius 1 is 1.24 bits per heavy atom. The van der Waals surface area contributed by atoms with Crippen molar-refractivity contribution in [2.75, 3.05) is 25.0 Å². The minimum Gasteiger partial charge on any atom is -0.491 e. The lowest BCUT2D eigenvalue weighted by Gasteiger charge is -2.08. The summed E-state index contributed by atoms with van der Waals surface area (Å²) in [5, 5.41) is 6.51. The Hall–Kier alpha value is -2.06. The minimum absolute atomic E-state index is 0.141. The third-order valence-electron chi connectivity index (χ3n) is 2.64. The SMILES string of the molecule is COCCOc1ccc(S(=O)(=O)Nc2cc(C)[nH]n2)cc1. The van der Waals surface area contributed by atoms with Gasteiger partial charge in [0, 0.05) is 18.9 Å². The molecular weight excluding hydrogens is 294 g/mol. The molecule has 7 nitrogen and oxygen atoms in total. The zero-order valence-corrected chi connectivity index (χ0v) is 12.6. The summed E-state index contributed by atoms with van der Waals surface area (Å²) in [5.41, 5.74) is 0.773. The van der Waals surface area contributed by atoms with E-state index in [1.54, 1.807) is 32.2 Å². The fraction of sp³-hybridized carbons (Fsp3) is 0.308. The normalized spacial score (nSPS) is 11.3. The predicted molar refractivity (Wildman–Crippen MR) is 77.9 cm³/mol. The topological polar surface area (TPSA) is 93.3 Å². The first kappa shape index (κ1) is 15.3. The highest BCUT2D eigenvalue weighted by atomic mass is 32.2. The molecule has 0 saturated carbocycles. The van der Waals surface area contributed by atoms with Crippen molar-refractivity contribution >= 4 is 15.8 Å². The summed E-state index contributed by atoms with van der Waals surface area (Å²) in [5.74, 6) is 0.842. The van der Waals surface area contributed by atoms with Gasteiger partial charge in [-0.1, -0.05) is 0 Å². The van der Waals surface area contributed by atoms with Gasteiger partial charge >= 0.3 is 0 Å². The zero-order chi connectivity index (χ0) is 15.3. The number of benzene rings is 1. The van der Waals surface area contributed by atoms with Crippen LogP contribution in [0, 0.1) is 6.92 Å². The van der Waals surface area contributed by atoms with Crippen LogP contribution in [-0.4, -0.2) is 38.9 Å². The van der Waals surface area contributed by atoms with Crippen LogP contribution in [0.2, 0.25) is 0 Å². The highest BCUT2D eigenvalue weighted by Crippen LogP contribution is 2.18. The number of aromatic nitrogens is 2. The molecule has 1 aromatic carbocycles. The fourth-order valence-corrected chi connectivity index (χ4v) is 2.62. The standard InChI is InChI=1S/C13H17N3O4S/c1-10-9-13(15-14-10)16-21(17,18)12-5-3-11(4-6-12)20-8-7-19-2/h3-6,9H,7-8H2,1-2H3,(H2,14,15,16). The average Bonchev–Trinajstić information content (AvgIpc) is 2.84. The van der Waals surface area contributed by atoms with E-state index in [1.165, 1.54) is 12.1 Å². The van der Waals surface area contributed by atoms with E-state index in [9.17, 15) is 8.42 Å². The van der Waals surface area contributed by atoms with Crippen LogP contribution in [0.15, 0.2) is 35.2 Å². The van der Waals surface area contributed by atoms with Crippen LogP contribution in [0.3, 0.4) is 0 Å². The number of hydrogen-bond acceptors (Lipinski definition) is 5. The van der Waals surface area contributed by atoms with Gasteiger partial charge < -0.3 is 9.47 Å². The summed E-state index contributed by atoms with van der Waals surface area (Å²) in [6.07, 6.45) is 0. The maximum Gasteiger partial charge on any atom is 0.263 e. The van der Waals surface area contributed by atoms with E-state index >= 15 is 0 Å². The molecule has 0 spiro atoms. The molecule has 21 heavy (non-hydrogen) atoms. The summed E-state index contributed by atoms with van der Waals surface area (Å²) < 4.78 is 37.0. The second kappa shape index (κ2) is 6.59. The van der Waals surface area contributed by atoms with Gasteiger partial charge in [0.1, 0.15) is 12.4 Å². The number of aromatic amines is 1. The Balaban J connectivity index is 2.06. The van der Waals surface area contributed by atoms with Gasteiger partial charge in [-0.25, -0.2) is 8.42 Å². The molecule has 2 aromatic rings. The number of H-pyrrole nitrogens is 1. The first-order valence-corrected chi connectivity index (χ1v) is 7.76. The van der Waals surface area contributed by atoms with E-state index in [0.717, 1.165) is 5.69 Å². The molecule has 0 radical (unpaired) electrons. The third-order valence-corrected chi connectivity index (χ3v) is 4.01. The largest absolute Gasteiger partial charge is 0.491 e. The Kier molecular flexibility index (Phi) is 4.81. The van der Waals surface area contributed by atoms with Crippen molar-refractivity contribution < 1.29 is 17.9 Å². The van der Waals surface area contributed by atoms with E-state index in [0.29, 0.717) is 19.0 Å². The Labute approximate surface area is 123 Å². The van der Waals surface area contributed by atoms with E-state index in [2.05, 4.69) is 14.9 Å². The summed E-state index contributed by atoms with van der Waals surface area (Å²) in [4.78, 5) is 0.141. The van der Waals surface area contributed by atoms with Crippen molar-refractivity contribution in [2.45, 2.75) is 11.8 Å². The molecule has 8 heteroatoms. The molecule has 0 atom stereocenters. The maximum atomic E-state index is 12.2. The predicted octanol–water partition coefficient (Wildman–Crippen LogP) is 1.54. The monoisotopic (exact) mass is 311 g/mol. The summed E-state index contributed by atoms with van der Waals surface area (Å²) in [7, 11) is -2.07. The van der Waals surface area contributed by atoms with Gasteiger partial charge in [0.25, 0.3) is 10.0 Å². The van der Waals surface area contributed by atoms with Gasteiger partial charge in [-0.2, -0.15) is 5.10 Å². The smallest absolute Gasteiger partial charge is 0.263 e. The fourth-order valence-electron chi connectivity index (χ4n) is 1.62. The molecule has 0 aliphatic heterocycles. The van der Waals surface area contributed by atoms with Crippen molar-refractivity contribution in [3.05, 3.63) is 36.0 Å². The lowest BCUT2D eigenvalue weighted by Crippen LogP contribution is -2.13. The highest BCUT2D eigenvalue weighted by Gasteiger charge is 2.15. The van der Waals surface area contributed by atoms with Gasteiger partial charge in [0.2, 0.25) is 0 Å². The number of methoxy groups -OCH3 is 1. The summed E-state index contributed by atoms with van der Waals surface area (Å²) in [6, 6.07) is 7.76. The molecule has 0 unspecified atom stereocenters. The van der Waals surface area contributed by atoms with Gasteiger partial charge in [-0.15, -0.1) is 0 Å². The van der Waals surface area contributed by atoms with E-state index in [-0.39, 0.29) is 10.7 Å². The third kappa shape index (κ3) is 4.20. The van der Waals surface area contributed by atoms with Crippen LogP contribution in [0.1, 0.15) is 5.69 Å². The van der Waals surface area contributed by atoms with Crippen LogP contribution in [0.5, 0.6) is 5.75 Å². The van der Waals surface area contributed by atoms with Crippen LogP contribution in [0.25, 0.3) is 0 Å². The van der Waals surface area contributed by atoms with Gasteiger partial charge in [0.05, 0.1) is 11.5 Å². The second-order valence-corrected chi connectivity index (χ2v) is 6.04. The molecule has 0 saturated heterocycles. The van der Waals surface area contributed by atoms with Crippen LogP contribution < -0.4 is 9.46 Å². The lowest BCUT2D eigenvalue weighted by molar-refractivity contribution is 0.146. The molecule has 0 amide bonds. The molecule has 1 heterocycles. The molecule has 0 aliphatic rings. The Bertz CT molecular complexity index is 680. The molecule has 2 rings (SSSR count). The van der Waals surface area contributed by atoms with Crippen LogP contribution in [-0.2, 0) is 14.8 Å². The number of sulfonamides is 1. The Morgan fingerprint density at radius 2 is 1.95 bits per heavy atom. The maximum absolute atomic E-state index is 12.2. The molecular formula is C13H17N3O4S. The van der Waals surface area contributed by atoms with Crippen LogP contribution in [0.4, 0.5) is 5.82 Å². The zero-order valence-electron chi connectivity index (χ0n) is 11.8. The van der Waals surface area contributed by atoms with Crippen LogP contribution >= 0.6 is 0 Å². The minimum atomic E-state index is -3.65. The van der Waals surface area contributed by atoms with Crippen molar-refractivity contribution in [1.82, 2.24) is 10.2 Å². The first-order valence-electron chi connectivity index (χ1n) is 6.28. The molecule has 114 valence electrons. The number of rotatable bonds is 7. The van der Waals surface area contributed by atoms with Gasteiger partial charge in [0.15, 0.2) is 5.82 Å². The molecule has 0 fully saturated rings. The van der Waals surface area contributed by atoms with Crippen molar-refractivity contribution in [1.29, 1.82) is 0 Å². The van der Waals surface area contributed by atoms with E-state index in [1.807, 2.05) is 0 Å². The summed E-state index contributed by atoms with van der Waals surface area (Å²) >= 11 is 0. The first-order chi connectivity index (χ1) is 10.0. The van der Waals surface area contributed by atoms with E-state index in [4.69, 9.17) is 9.47 Å². The molecule has 0 bridgehead atoms. The highest BCUT2D eigenvalue weighted by molar-refractivity contribution is 7.92. The summed E-state index contributed by atoms with van der Waals surface area (Å²) in [6.45, 7) is 2.67. The average molecular weight is 311 g/mol. The van der Waals surface area contributed by atoms with Crippen molar-refractivity contribution in [2.24, 2.45) is 0 Å². The lowest BCUT2D eigenvalue weighted by atomic mass is 10.3. The molecule has 0 aliphatic carbocycles. The molecule has 1 aromatic heterocycles. The number of nitrogens with zero attached hydrogens (tertiary/aromatic N) is 1. The molecule has 2 N–H and O–H groups in total. The van der Waals surface area contributed by atoms with Crippen molar-refractivity contribution in [3.63, 3.8) is 0 Å². The quantitative estimate of drug-likeness (QED) is 0.757. The number of aryl methyl sites for hydroxylation is 1. The van der Waals surface area contributed by atoms with Crippen molar-refractivity contribution in [3.8, 4) is 5.75 Å². The van der Waals surface area contributed by atoms with Gasteiger partial charge in [-0.3, -0.25) is 9.82 Å². The van der Waals surface area contributed by atoms with Gasteiger partial charge in [-0.05, 0) is 31.2 Å².